The monoisotopic (exact) mass is 327 g/mol. The van der Waals surface area contributed by atoms with Gasteiger partial charge >= 0.3 is 0 Å². The molecule has 4 aliphatic carbocycles. The van der Waals surface area contributed by atoms with Gasteiger partial charge in [-0.3, -0.25) is 0 Å². The molecule has 4 rings (SSSR count). The van der Waals surface area contributed by atoms with Crippen LogP contribution in [0.3, 0.4) is 0 Å². The largest absolute Gasteiger partial charge is 0.393 e. The van der Waals surface area contributed by atoms with Crippen molar-refractivity contribution >= 4 is 0 Å². The molecule has 0 saturated heterocycles. The molecular weight excluding hydrogens is 294 g/mol. The van der Waals surface area contributed by atoms with Crippen LogP contribution in [0.15, 0.2) is 12.2 Å². The second-order valence-corrected chi connectivity index (χ2v) is 9.80. The molecule has 0 radical (unpaired) electrons. The predicted molar refractivity (Wildman–Crippen MR) is 96.0 cm³/mol. The Morgan fingerprint density at radius 2 is 1.71 bits per heavy atom. The number of fused-ring (bicyclic) bond motifs is 5. The number of hydrogen-bond donors (Lipinski definition) is 1. The minimum Gasteiger partial charge on any atom is -0.393 e. The maximum atomic E-state index is 10.1. The van der Waals surface area contributed by atoms with Crippen LogP contribution in [0.4, 0.5) is 0 Å². The molecule has 4 saturated carbocycles. The summed E-state index contributed by atoms with van der Waals surface area (Å²) in [5, 5.41) is 19.1. The Morgan fingerprint density at radius 3 is 2.50 bits per heavy atom. The third-order valence-corrected chi connectivity index (χ3v) is 9.11. The molecule has 2 heteroatoms. The first-order valence-electron chi connectivity index (χ1n) is 10.2. The Hall–Kier alpha value is -0.810. The molecule has 24 heavy (non-hydrogen) atoms. The number of nitrogens with zero attached hydrogens (tertiary/aromatic N) is 1. The molecule has 4 fully saturated rings. The van der Waals surface area contributed by atoms with Crippen molar-refractivity contribution in [2.75, 3.05) is 0 Å². The van der Waals surface area contributed by atoms with Gasteiger partial charge in [-0.1, -0.05) is 19.9 Å². The van der Waals surface area contributed by atoms with Crippen LogP contribution in [-0.4, -0.2) is 11.2 Å². The summed E-state index contributed by atoms with van der Waals surface area (Å²) in [5.74, 6) is 3.99. The van der Waals surface area contributed by atoms with Crippen LogP contribution in [0.2, 0.25) is 0 Å². The van der Waals surface area contributed by atoms with Crippen molar-refractivity contribution in [1.29, 1.82) is 5.26 Å². The van der Waals surface area contributed by atoms with Gasteiger partial charge < -0.3 is 5.11 Å². The van der Waals surface area contributed by atoms with Gasteiger partial charge in [0.2, 0.25) is 0 Å². The van der Waals surface area contributed by atoms with E-state index in [0.29, 0.717) is 16.7 Å². The molecular formula is C22H33NO. The maximum absolute atomic E-state index is 10.1. The average Bonchev–Trinajstić information content (AvgIpc) is 2.90. The summed E-state index contributed by atoms with van der Waals surface area (Å²) in [6, 6.07) is 2.21. The third kappa shape index (κ3) is 2.31. The molecule has 0 amide bonds. The zero-order valence-electron chi connectivity index (χ0n) is 15.4. The topological polar surface area (TPSA) is 44.0 Å². The highest BCUT2D eigenvalue weighted by Crippen LogP contribution is 2.67. The molecule has 0 aliphatic heterocycles. The zero-order valence-corrected chi connectivity index (χ0v) is 15.4. The minimum atomic E-state index is -0.0412. The zero-order chi connectivity index (χ0) is 16.9. The quantitative estimate of drug-likeness (QED) is 0.682. The van der Waals surface area contributed by atoms with Gasteiger partial charge in [-0.25, -0.2) is 0 Å². The molecule has 2 nitrogen and oxygen atoms in total. The van der Waals surface area contributed by atoms with E-state index < -0.39 is 0 Å². The second kappa shape index (κ2) is 5.87. The highest BCUT2D eigenvalue weighted by Gasteiger charge is 2.59. The predicted octanol–water partition coefficient (Wildman–Crippen LogP) is 5.09. The first kappa shape index (κ1) is 16.6. The van der Waals surface area contributed by atoms with E-state index in [4.69, 9.17) is 5.26 Å². The number of rotatable bonds is 1. The van der Waals surface area contributed by atoms with Crippen molar-refractivity contribution in [3.63, 3.8) is 0 Å². The molecule has 0 spiro atoms. The Bertz CT molecular complexity index is 563. The van der Waals surface area contributed by atoms with Crippen LogP contribution in [-0.2, 0) is 0 Å². The summed E-state index contributed by atoms with van der Waals surface area (Å²) >= 11 is 0. The molecule has 1 N–H and O–H groups in total. The summed E-state index contributed by atoms with van der Waals surface area (Å²) in [5.41, 5.74) is 0.899. The minimum absolute atomic E-state index is 0.0412. The Kier molecular flexibility index (Phi) is 4.07. The molecule has 0 aromatic rings. The lowest BCUT2D eigenvalue weighted by Gasteiger charge is -2.60. The lowest BCUT2D eigenvalue weighted by atomic mass is 9.44. The first-order valence-corrected chi connectivity index (χ1v) is 10.2. The molecule has 132 valence electrons. The van der Waals surface area contributed by atoms with E-state index in [0.717, 1.165) is 36.5 Å². The SMILES string of the molecule is C[C@]12CC[C@@H](O)C[C@H]1CC[C@@H]1[C@@H]2CC[C@]2(C)[C@@H](/C=C\C#N)CC[C@@H]12. The lowest BCUT2D eigenvalue weighted by Crippen LogP contribution is -2.53. The molecule has 4 aliphatic rings. The van der Waals surface area contributed by atoms with Crippen molar-refractivity contribution in [2.45, 2.75) is 77.7 Å². The van der Waals surface area contributed by atoms with Crippen LogP contribution in [0.1, 0.15) is 71.6 Å². The molecule has 0 aromatic heterocycles. The normalized spacial score (nSPS) is 53.9. The molecule has 0 unspecified atom stereocenters. The standard InChI is InChI=1S/C22H33NO/c1-21-12-10-20-18(19(21)8-6-15(21)4-3-13-23)7-5-16-14-17(24)9-11-22(16,20)2/h3-4,15-20,24H,5-12,14H2,1-2H3/b4-3-/t15-,16+,17+,18-,19-,20-,21+,22-/m0/s1. The molecule has 8 atom stereocenters. The van der Waals surface area contributed by atoms with E-state index in [2.05, 4.69) is 26.0 Å². The van der Waals surface area contributed by atoms with Gasteiger partial charge in [0.05, 0.1) is 12.2 Å². The van der Waals surface area contributed by atoms with E-state index in [1.165, 1.54) is 44.9 Å². The molecule has 0 heterocycles. The van der Waals surface area contributed by atoms with E-state index in [9.17, 15) is 5.11 Å². The van der Waals surface area contributed by atoms with Gasteiger partial charge in [-0.2, -0.15) is 5.26 Å². The number of allylic oxidation sites excluding steroid dienone is 2. The van der Waals surface area contributed by atoms with Crippen LogP contribution in [0.5, 0.6) is 0 Å². The summed E-state index contributed by atoms with van der Waals surface area (Å²) in [6.45, 7) is 5.08. The van der Waals surface area contributed by atoms with Crippen molar-refractivity contribution in [1.82, 2.24) is 0 Å². The number of aliphatic hydroxyl groups excluding tert-OH is 1. The third-order valence-electron chi connectivity index (χ3n) is 9.11. The lowest BCUT2D eigenvalue weighted by molar-refractivity contribution is -0.124. The molecule has 0 bridgehead atoms. The molecule has 0 aromatic carbocycles. The van der Waals surface area contributed by atoms with Crippen LogP contribution >= 0.6 is 0 Å². The Balaban J connectivity index is 1.59. The highest BCUT2D eigenvalue weighted by atomic mass is 16.3. The van der Waals surface area contributed by atoms with E-state index >= 15 is 0 Å². The van der Waals surface area contributed by atoms with Crippen molar-refractivity contribution in [2.24, 2.45) is 40.4 Å². The van der Waals surface area contributed by atoms with Gasteiger partial charge in [0.25, 0.3) is 0 Å². The van der Waals surface area contributed by atoms with E-state index in [1.807, 2.05) is 0 Å². The fourth-order valence-electron chi connectivity index (χ4n) is 7.75. The van der Waals surface area contributed by atoms with E-state index in [-0.39, 0.29) is 6.10 Å². The van der Waals surface area contributed by atoms with Gasteiger partial charge in [0.1, 0.15) is 0 Å². The Morgan fingerprint density at radius 1 is 0.958 bits per heavy atom. The fraction of sp³-hybridized carbons (Fsp3) is 0.864. The summed E-state index contributed by atoms with van der Waals surface area (Å²) in [7, 11) is 0. The van der Waals surface area contributed by atoms with Crippen LogP contribution in [0.25, 0.3) is 0 Å². The highest BCUT2D eigenvalue weighted by molar-refractivity contribution is 5.14. The summed E-state index contributed by atoms with van der Waals surface area (Å²) < 4.78 is 0. The summed E-state index contributed by atoms with van der Waals surface area (Å²) in [4.78, 5) is 0. The smallest absolute Gasteiger partial charge is 0.0908 e. The maximum Gasteiger partial charge on any atom is 0.0908 e. The van der Waals surface area contributed by atoms with Crippen molar-refractivity contribution in [3.8, 4) is 6.07 Å². The van der Waals surface area contributed by atoms with Gasteiger partial charge in [-0.05, 0) is 98.2 Å². The number of hydrogen-bond acceptors (Lipinski definition) is 2. The average molecular weight is 328 g/mol. The number of nitriles is 1. The second-order valence-electron chi connectivity index (χ2n) is 9.80. The van der Waals surface area contributed by atoms with Crippen molar-refractivity contribution < 1.29 is 5.11 Å². The van der Waals surface area contributed by atoms with Gasteiger partial charge in [-0.15, -0.1) is 0 Å². The van der Waals surface area contributed by atoms with Crippen molar-refractivity contribution in [3.05, 3.63) is 12.2 Å². The van der Waals surface area contributed by atoms with Crippen LogP contribution in [0, 0.1) is 51.8 Å². The van der Waals surface area contributed by atoms with Gasteiger partial charge in [0.15, 0.2) is 0 Å². The van der Waals surface area contributed by atoms with Gasteiger partial charge in [0, 0.05) is 6.08 Å². The van der Waals surface area contributed by atoms with E-state index in [1.54, 1.807) is 6.08 Å². The van der Waals surface area contributed by atoms with Crippen LogP contribution < -0.4 is 0 Å². The summed E-state index contributed by atoms with van der Waals surface area (Å²) in [6.07, 6.45) is 15.3. The first-order chi connectivity index (χ1) is 11.5. The number of aliphatic hydroxyl groups is 1. The Labute approximate surface area is 147 Å². The fourth-order valence-corrected chi connectivity index (χ4v) is 7.75.